The van der Waals surface area contributed by atoms with Crippen LogP contribution in [-0.4, -0.2) is 42.3 Å². The first-order valence-corrected chi connectivity index (χ1v) is 10.0. The Bertz CT molecular complexity index is 986. The van der Waals surface area contributed by atoms with Gasteiger partial charge in [-0.3, -0.25) is 9.89 Å². The van der Waals surface area contributed by atoms with E-state index in [1.165, 1.54) is 0 Å². The second-order valence-electron chi connectivity index (χ2n) is 7.14. The molecular weight excluding hydrogens is 388 g/mol. The molecule has 0 aliphatic carbocycles. The highest BCUT2D eigenvalue weighted by molar-refractivity contribution is 6.30. The van der Waals surface area contributed by atoms with E-state index in [0.29, 0.717) is 10.6 Å². The Morgan fingerprint density at radius 2 is 2.07 bits per heavy atom. The molecule has 1 aliphatic rings. The van der Waals surface area contributed by atoms with Gasteiger partial charge in [-0.05, 0) is 60.9 Å². The summed E-state index contributed by atoms with van der Waals surface area (Å²) in [5.74, 6) is 1.61. The maximum atomic E-state index is 12.5. The number of rotatable bonds is 5. The number of carbonyl (C=O) groups excluding carboxylic acids is 1. The van der Waals surface area contributed by atoms with Gasteiger partial charge in [0.15, 0.2) is 5.82 Å². The van der Waals surface area contributed by atoms with E-state index in [9.17, 15) is 4.79 Å². The van der Waals surface area contributed by atoms with Gasteiger partial charge >= 0.3 is 0 Å². The number of aromatic amines is 1. The normalized spacial score (nSPS) is 16.5. The van der Waals surface area contributed by atoms with Crippen molar-refractivity contribution in [2.45, 2.75) is 18.9 Å². The summed E-state index contributed by atoms with van der Waals surface area (Å²) in [6, 6.07) is 17.0. The van der Waals surface area contributed by atoms with Gasteiger partial charge in [0.05, 0.1) is 12.8 Å². The molecule has 3 aromatic rings. The number of nitrogens with zero attached hydrogens (tertiary/aromatic N) is 2. The van der Waals surface area contributed by atoms with E-state index in [-0.39, 0.29) is 11.9 Å². The second-order valence-corrected chi connectivity index (χ2v) is 7.57. The number of aromatic nitrogens is 2. The lowest BCUT2D eigenvalue weighted by Crippen LogP contribution is -2.48. The third kappa shape index (κ3) is 4.54. The number of H-pyrrole nitrogens is 1. The van der Waals surface area contributed by atoms with Crippen LogP contribution in [0.4, 0.5) is 5.82 Å². The first-order valence-electron chi connectivity index (χ1n) is 9.63. The molecule has 2 aromatic carbocycles. The van der Waals surface area contributed by atoms with Crippen LogP contribution >= 0.6 is 11.6 Å². The van der Waals surface area contributed by atoms with Crippen LogP contribution < -0.4 is 15.0 Å². The Balaban J connectivity index is 1.42. The summed E-state index contributed by atoms with van der Waals surface area (Å²) in [7, 11) is 1.65. The van der Waals surface area contributed by atoms with Crippen LogP contribution in [0.3, 0.4) is 0 Å². The number of halogens is 1. The van der Waals surface area contributed by atoms with Crippen molar-refractivity contribution < 1.29 is 9.53 Å². The topological polar surface area (TPSA) is 70.2 Å². The largest absolute Gasteiger partial charge is 0.497 e. The van der Waals surface area contributed by atoms with Gasteiger partial charge in [0, 0.05) is 35.8 Å². The molecule has 1 fully saturated rings. The molecule has 1 atom stereocenters. The van der Waals surface area contributed by atoms with E-state index in [1.54, 1.807) is 31.4 Å². The fourth-order valence-corrected chi connectivity index (χ4v) is 3.78. The van der Waals surface area contributed by atoms with Crippen LogP contribution in [0.15, 0.2) is 54.6 Å². The van der Waals surface area contributed by atoms with Crippen molar-refractivity contribution in [1.29, 1.82) is 0 Å². The van der Waals surface area contributed by atoms with Gasteiger partial charge < -0.3 is 15.0 Å². The monoisotopic (exact) mass is 410 g/mol. The summed E-state index contributed by atoms with van der Waals surface area (Å²) in [6.07, 6.45) is 1.93. The number of nitrogens with one attached hydrogen (secondary N) is 2. The van der Waals surface area contributed by atoms with E-state index < -0.39 is 0 Å². The van der Waals surface area contributed by atoms with Crippen molar-refractivity contribution in [1.82, 2.24) is 15.5 Å². The number of piperidine rings is 1. The zero-order chi connectivity index (χ0) is 20.2. The summed E-state index contributed by atoms with van der Waals surface area (Å²) >= 11 is 6.00. The average Bonchev–Trinajstić information content (AvgIpc) is 3.24. The summed E-state index contributed by atoms with van der Waals surface area (Å²) in [5.41, 5.74) is 2.58. The number of benzene rings is 2. The average molecular weight is 411 g/mol. The minimum absolute atomic E-state index is 0.0661. The molecule has 0 saturated carbocycles. The smallest absolute Gasteiger partial charge is 0.251 e. The number of carbonyl (C=O) groups is 1. The summed E-state index contributed by atoms with van der Waals surface area (Å²) in [6.45, 7) is 1.63. The van der Waals surface area contributed by atoms with Crippen LogP contribution in [-0.2, 0) is 0 Å². The molecule has 1 saturated heterocycles. The maximum Gasteiger partial charge on any atom is 0.251 e. The van der Waals surface area contributed by atoms with Gasteiger partial charge in [-0.15, -0.1) is 0 Å². The molecule has 1 amide bonds. The predicted octanol–water partition coefficient (Wildman–Crippen LogP) is 4.14. The van der Waals surface area contributed by atoms with Gasteiger partial charge in [0.25, 0.3) is 5.91 Å². The quantitative estimate of drug-likeness (QED) is 0.663. The molecule has 6 nitrogen and oxygen atoms in total. The highest BCUT2D eigenvalue weighted by atomic mass is 35.5. The van der Waals surface area contributed by atoms with Crippen molar-refractivity contribution >= 4 is 23.3 Å². The lowest BCUT2D eigenvalue weighted by Gasteiger charge is -2.33. The second kappa shape index (κ2) is 8.57. The standard InChI is InChI=1S/C22H23ClN4O2/c1-29-19-9-7-15(8-10-19)20-13-21(26-25-20)27-11-3-6-18(14-27)24-22(28)16-4-2-5-17(23)12-16/h2,4-5,7-10,12-13,18H,3,6,11,14H2,1H3,(H,24,28)(H,25,26)/t18-/m0/s1. The molecule has 0 unspecified atom stereocenters. The van der Waals surface area contributed by atoms with E-state index in [0.717, 1.165) is 48.8 Å². The number of ether oxygens (including phenoxy) is 1. The zero-order valence-electron chi connectivity index (χ0n) is 16.2. The SMILES string of the molecule is COc1ccc(-c2cc(N3CCC[C@H](NC(=O)c4cccc(Cl)c4)C3)n[nH]2)cc1. The van der Waals surface area contributed by atoms with Gasteiger partial charge in [-0.25, -0.2) is 0 Å². The van der Waals surface area contributed by atoms with E-state index in [2.05, 4.69) is 20.4 Å². The summed E-state index contributed by atoms with van der Waals surface area (Å²) < 4.78 is 5.21. The Hall–Kier alpha value is -2.99. The molecule has 2 heterocycles. The molecule has 0 spiro atoms. The van der Waals surface area contributed by atoms with Crippen molar-refractivity contribution in [2.24, 2.45) is 0 Å². The molecular formula is C22H23ClN4O2. The molecule has 2 N–H and O–H groups in total. The molecule has 4 rings (SSSR count). The van der Waals surface area contributed by atoms with Gasteiger partial charge in [-0.1, -0.05) is 17.7 Å². The third-order valence-corrected chi connectivity index (χ3v) is 5.37. The first-order chi connectivity index (χ1) is 14.1. The highest BCUT2D eigenvalue weighted by Crippen LogP contribution is 2.26. The minimum atomic E-state index is -0.0969. The van der Waals surface area contributed by atoms with E-state index in [1.807, 2.05) is 30.3 Å². The Kier molecular flexibility index (Phi) is 5.71. The Labute approximate surface area is 174 Å². The van der Waals surface area contributed by atoms with E-state index in [4.69, 9.17) is 16.3 Å². The first kappa shape index (κ1) is 19.3. The Morgan fingerprint density at radius 1 is 1.24 bits per heavy atom. The third-order valence-electron chi connectivity index (χ3n) is 5.13. The molecule has 1 aliphatic heterocycles. The molecule has 0 bridgehead atoms. The number of hydrogen-bond donors (Lipinski definition) is 2. The zero-order valence-corrected chi connectivity index (χ0v) is 16.9. The number of anilines is 1. The molecule has 0 radical (unpaired) electrons. The summed E-state index contributed by atoms with van der Waals surface area (Å²) in [4.78, 5) is 14.7. The minimum Gasteiger partial charge on any atom is -0.497 e. The molecule has 29 heavy (non-hydrogen) atoms. The van der Waals surface area contributed by atoms with Gasteiger partial charge in [0.1, 0.15) is 5.75 Å². The van der Waals surface area contributed by atoms with Crippen molar-refractivity contribution in [3.8, 4) is 17.0 Å². The fourth-order valence-electron chi connectivity index (χ4n) is 3.59. The lowest BCUT2D eigenvalue weighted by molar-refractivity contribution is 0.0933. The maximum absolute atomic E-state index is 12.5. The number of hydrogen-bond acceptors (Lipinski definition) is 4. The van der Waals surface area contributed by atoms with Gasteiger partial charge in [-0.2, -0.15) is 5.10 Å². The van der Waals surface area contributed by atoms with Crippen LogP contribution in [0.5, 0.6) is 5.75 Å². The summed E-state index contributed by atoms with van der Waals surface area (Å²) in [5, 5.41) is 11.3. The molecule has 1 aromatic heterocycles. The van der Waals surface area contributed by atoms with Crippen LogP contribution in [0.25, 0.3) is 11.3 Å². The number of amides is 1. The number of methoxy groups -OCH3 is 1. The van der Waals surface area contributed by atoms with Gasteiger partial charge in [0.2, 0.25) is 0 Å². The predicted molar refractivity (Wildman–Crippen MR) is 115 cm³/mol. The van der Waals surface area contributed by atoms with Crippen LogP contribution in [0.2, 0.25) is 5.02 Å². The van der Waals surface area contributed by atoms with Crippen molar-refractivity contribution in [3.05, 3.63) is 65.2 Å². The van der Waals surface area contributed by atoms with Crippen LogP contribution in [0.1, 0.15) is 23.2 Å². The molecule has 7 heteroatoms. The van der Waals surface area contributed by atoms with Crippen molar-refractivity contribution in [2.75, 3.05) is 25.1 Å². The van der Waals surface area contributed by atoms with Crippen LogP contribution in [0, 0.1) is 0 Å². The Morgan fingerprint density at radius 3 is 2.83 bits per heavy atom. The van der Waals surface area contributed by atoms with Crippen molar-refractivity contribution in [3.63, 3.8) is 0 Å². The molecule has 150 valence electrons. The van der Waals surface area contributed by atoms with E-state index >= 15 is 0 Å². The highest BCUT2D eigenvalue weighted by Gasteiger charge is 2.23. The fraction of sp³-hybridized carbons (Fsp3) is 0.273. The lowest BCUT2D eigenvalue weighted by atomic mass is 10.0.